The van der Waals surface area contributed by atoms with E-state index in [1.807, 2.05) is 11.8 Å². The molecule has 0 N–H and O–H groups in total. The van der Waals surface area contributed by atoms with Crippen molar-refractivity contribution in [2.45, 2.75) is 4.87 Å². The number of hydrogen-bond donors (Lipinski definition) is 0. The predicted octanol–water partition coefficient (Wildman–Crippen LogP) is 5.56. The molecule has 0 aliphatic carbocycles. The zero-order valence-corrected chi connectivity index (χ0v) is 17.6. The molecule has 3 aromatic carbocycles. The van der Waals surface area contributed by atoms with E-state index in [4.69, 9.17) is 5.10 Å². The van der Waals surface area contributed by atoms with E-state index in [2.05, 4.69) is 113 Å². The summed E-state index contributed by atoms with van der Waals surface area (Å²) >= 11 is 2.15. The van der Waals surface area contributed by atoms with Crippen LogP contribution >= 0.6 is 11.8 Å². The van der Waals surface area contributed by atoms with E-state index < -0.39 is 0 Å². The van der Waals surface area contributed by atoms with Crippen LogP contribution in [0.3, 0.4) is 0 Å². The van der Waals surface area contributed by atoms with Gasteiger partial charge in [-0.1, -0.05) is 0 Å². The third-order valence-electron chi connectivity index (χ3n) is 4.78. The molecular formula is C24H18N2SSe. The van der Waals surface area contributed by atoms with Gasteiger partial charge in [-0.2, -0.15) is 0 Å². The number of rotatable bonds is 4. The minimum absolute atomic E-state index is 0.303. The first-order valence-electron chi connectivity index (χ1n) is 9.16. The fourth-order valence-electron chi connectivity index (χ4n) is 3.48. The average molecular weight is 445 g/mol. The average Bonchev–Trinajstić information content (AvgIpc) is 3.45. The van der Waals surface area contributed by atoms with E-state index in [0.29, 0.717) is 14.5 Å². The van der Waals surface area contributed by atoms with Gasteiger partial charge in [-0.3, -0.25) is 0 Å². The molecule has 28 heavy (non-hydrogen) atoms. The Hall–Kier alpha value is -2.52. The summed E-state index contributed by atoms with van der Waals surface area (Å²) in [5.74, 6) is 0. The molecule has 5 rings (SSSR count). The van der Waals surface area contributed by atoms with E-state index in [0.717, 1.165) is 16.3 Å². The van der Waals surface area contributed by atoms with Gasteiger partial charge in [-0.25, -0.2) is 0 Å². The number of hydrogen-bond acceptors (Lipinski definition) is 3. The first kappa shape index (κ1) is 17.6. The van der Waals surface area contributed by atoms with Crippen LogP contribution in [0.5, 0.6) is 0 Å². The molecule has 1 atom stereocenters. The monoisotopic (exact) mass is 446 g/mol. The van der Waals surface area contributed by atoms with Gasteiger partial charge in [0.25, 0.3) is 0 Å². The van der Waals surface area contributed by atoms with Gasteiger partial charge in [-0.15, -0.1) is 0 Å². The van der Waals surface area contributed by atoms with Crippen LogP contribution in [-0.2, 0) is 4.87 Å². The van der Waals surface area contributed by atoms with Crippen LogP contribution in [-0.4, -0.2) is 19.5 Å². The third-order valence-corrected chi connectivity index (χ3v) is 8.55. The molecular weight excluding hydrogens is 427 g/mol. The summed E-state index contributed by atoms with van der Waals surface area (Å²) in [7, 11) is 0. The van der Waals surface area contributed by atoms with E-state index in [-0.39, 0.29) is 4.87 Å². The van der Waals surface area contributed by atoms with E-state index in [1.54, 1.807) is 0 Å². The Labute approximate surface area is 175 Å². The normalized spacial score (nSPS) is 18.9. The molecule has 0 fully saturated rings. The van der Waals surface area contributed by atoms with Crippen molar-refractivity contribution in [1.29, 1.82) is 0 Å². The predicted molar refractivity (Wildman–Crippen MR) is 120 cm³/mol. The van der Waals surface area contributed by atoms with Gasteiger partial charge < -0.3 is 0 Å². The van der Waals surface area contributed by atoms with Crippen molar-refractivity contribution >= 4 is 37.0 Å². The molecule has 2 heterocycles. The first-order valence-corrected chi connectivity index (χ1v) is 11.8. The number of thioether (sulfide) groups is 1. The van der Waals surface area contributed by atoms with Gasteiger partial charge in [0, 0.05) is 0 Å². The molecule has 1 unspecified atom stereocenters. The third kappa shape index (κ3) is 2.94. The van der Waals surface area contributed by atoms with E-state index >= 15 is 0 Å². The Morgan fingerprint density at radius 3 is 2.00 bits per heavy atom. The summed E-state index contributed by atoms with van der Waals surface area (Å²) in [5.41, 5.74) is 3.52. The summed E-state index contributed by atoms with van der Waals surface area (Å²) in [6.45, 7) is 0. The maximum absolute atomic E-state index is 5.16. The van der Waals surface area contributed by atoms with E-state index in [9.17, 15) is 0 Å². The fraction of sp³-hybridized carbons (Fsp3) is 0.0417. The molecule has 4 heteroatoms. The van der Waals surface area contributed by atoms with Gasteiger partial charge in [-0.05, 0) is 0 Å². The molecule has 0 radical (unpaired) electrons. The first-order chi connectivity index (χ1) is 13.9. The van der Waals surface area contributed by atoms with Crippen LogP contribution in [0.25, 0.3) is 0 Å². The second-order valence-corrected chi connectivity index (χ2v) is 9.68. The standard InChI is InChI=1S/C24H18N2SSe/c1-4-11-19(12-5-1)23-25-26(21-15-8-3-9-16-21)24(27-23,22-17-10-18-28-22)20-13-6-2-7-14-20/h1-18H. The number of hydrazone groups is 1. The van der Waals surface area contributed by atoms with Crippen LogP contribution in [0.4, 0.5) is 5.69 Å². The van der Waals surface area contributed by atoms with Crippen LogP contribution in [0.1, 0.15) is 15.6 Å². The number of anilines is 1. The quantitative estimate of drug-likeness (QED) is 0.382. The molecule has 136 valence electrons. The molecule has 1 aromatic heterocycles. The molecule has 0 saturated carbocycles. The second kappa shape index (κ2) is 7.48. The van der Waals surface area contributed by atoms with Crippen LogP contribution in [0.15, 0.2) is 113 Å². The molecule has 4 aromatic rings. The van der Waals surface area contributed by atoms with Gasteiger partial charge in [0.1, 0.15) is 0 Å². The van der Waals surface area contributed by atoms with E-state index in [1.165, 1.54) is 10.0 Å². The Bertz CT molecular complexity index is 1080. The van der Waals surface area contributed by atoms with Gasteiger partial charge in [0.15, 0.2) is 0 Å². The van der Waals surface area contributed by atoms with Crippen molar-refractivity contribution in [1.82, 2.24) is 0 Å². The van der Waals surface area contributed by atoms with Crippen LogP contribution < -0.4 is 5.01 Å². The Morgan fingerprint density at radius 1 is 0.714 bits per heavy atom. The summed E-state index contributed by atoms with van der Waals surface area (Å²) in [6.07, 6.45) is 0. The van der Waals surface area contributed by atoms with Crippen LogP contribution in [0.2, 0.25) is 0 Å². The maximum atomic E-state index is 5.16. The summed E-state index contributed by atoms with van der Waals surface area (Å²) in [6, 6.07) is 36.2. The number of nitrogens with zero attached hydrogens (tertiary/aromatic N) is 2. The molecule has 2 nitrogen and oxygen atoms in total. The van der Waals surface area contributed by atoms with Crippen molar-refractivity contribution in [2.24, 2.45) is 5.10 Å². The molecule has 0 amide bonds. The minimum atomic E-state index is -0.364. The molecule has 1 aliphatic heterocycles. The van der Waals surface area contributed by atoms with Crippen LogP contribution in [0, 0.1) is 0 Å². The fourth-order valence-corrected chi connectivity index (χ4v) is 7.04. The zero-order valence-electron chi connectivity index (χ0n) is 15.1. The molecule has 1 aliphatic rings. The SMILES string of the molecule is c1ccc(C2=NN(c3ccccc3)C(c3ccccc3)(c3ccc[se]3)S2)cc1. The Balaban J connectivity index is 1.75. The summed E-state index contributed by atoms with van der Waals surface area (Å²) < 4.78 is 1.41. The van der Waals surface area contributed by atoms with Crippen molar-refractivity contribution in [2.75, 3.05) is 5.01 Å². The Morgan fingerprint density at radius 2 is 1.36 bits per heavy atom. The van der Waals surface area contributed by atoms with Crippen molar-refractivity contribution in [3.8, 4) is 0 Å². The second-order valence-electron chi connectivity index (χ2n) is 6.51. The number of benzene rings is 3. The van der Waals surface area contributed by atoms with Crippen molar-refractivity contribution < 1.29 is 0 Å². The molecule has 0 spiro atoms. The zero-order chi connectivity index (χ0) is 18.8. The summed E-state index contributed by atoms with van der Waals surface area (Å²) in [4.78, 5) is 1.93. The topological polar surface area (TPSA) is 15.6 Å². The summed E-state index contributed by atoms with van der Waals surface area (Å²) in [5, 5.41) is 8.43. The molecule has 0 bridgehead atoms. The Kier molecular flexibility index (Phi) is 4.69. The number of para-hydroxylation sites is 1. The van der Waals surface area contributed by atoms with Gasteiger partial charge >= 0.3 is 176 Å². The van der Waals surface area contributed by atoms with Crippen molar-refractivity contribution in [3.63, 3.8) is 0 Å². The van der Waals surface area contributed by atoms with Gasteiger partial charge in [0.2, 0.25) is 0 Å². The molecule has 0 saturated heterocycles. The van der Waals surface area contributed by atoms with Crippen molar-refractivity contribution in [3.05, 3.63) is 124 Å². The van der Waals surface area contributed by atoms with Gasteiger partial charge in [0.05, 0.1) is 0 Å².